The summed E-state index contributed by atoms with van der Waals surface area (Å²) in [7, 11) is 0. The molecule has 0 aromatic heterocycles. The Kier molecular flexibility index (Phi) is 5.67. The van der Waals surface area contributed by atoms with Gasteiger partial charge in [0, 0.05) is 12.1 Å². The van der Waals surface area contributed by atoms with Gasteiger partial charge in [0.25, 0.3) is 5.91 Å². The maximum atomic E-state index is 11.7. The number of carbonyl (C=O) groups is 3. The van der Waals surface area contributed by atoms with Gasteiger partial charge in [0.1, 0.15) is 6.04 Å². The molecular weight excluding hydrogens is 264 g/mol. The van der Waals surface area contributed by atoms with Gasteiger partial charge in [-0.1, -0.05) is 18.2 Å². The average Bonchev–Trinajstić information content (AvgIpc) is 2.43. The Hall–Kier alpha value is -2.41. The first-order valence-electron chi connectivity index (χ1n) is 5.96. The van der Waals surface area contributed by atoms with Crippen molar-refractivity contribution >= 4 is 17.8 Å². The summed E-state index contributed by atoms with van der Waals surface area (Å²) in [5, 5.41) is 20.1. The lowest BCUT2D eigenvalue weighted by Crippen LogP contribution is -2.39. The number of rotatable bonds is 7. The lowest BCUT2D eigenvalue weighted by molar-refractivity contribution is -0.143. The van der Waals surface area contributed by atoms with Crippen LogP contribution >= 0.6 is 0 Å². The van der Waals surface area contributed by atoms with E-state index in [9.17, 15) is 14.4 Å². The Morgan fingerprint density at radius 1 is 1.10 bits per heavy atom. The molecule has 108 valence electrons. The molecule has 0 saturated carbocycles. The third kappa shape index (κ3) is 4.69. The molecule has 1 rings (SSSR count). The van der Waals surface area contributed by atoms with E-state index in [-0.39, 0.29) is 13.0 Å². The molecule has 0 aliphatic carbocycles. The quantitative estimate of drug-likeness (QED) is 0.552. The van der Waals surface area contributed by atoms with E-state index in [2.05, 4.69) is 5.32 Å². The van der Waals surface area contributed by atoms with E-state index in [1.165, 1.54) is 0 Å². The molecule has 7 nitrogen and oxygen atoms in total. The van der Waals surface area contributed by atoms with Crippen molar-refractivity contribution in [2.24, 2.45) is 11.7 Å². The highest BCUT2D eigenvalue weighted by Crippen LogP contribution is 2.06. The molecule has 5 N–H and O–H groups in total. The fourth-order valence-electron chi connectivity index (χ4n) is 1.59. The van der Waals surface area contributed by atoms with Gasteiger partial charge in [-0.15, -0.1) is 0 Å². The molecule has 1 amide bonds. The molecule has 20 heavy (non-hydrogen) atoms. The van der Waals surface area contributed by atoms with Crippen LogP contribution in [0.15, 0.2) is 30.3 Å². The summed E-state index contributed by atoms with van der Waals surface area (Å²) < 4.78 is 0. The van der Waals surface area contributed by atoms with Crippen molar-refractivity contribution in [1.82, 2.24) is 5.32 Å². The van der Waals surface area contributed by atoms with Gasteiger partial charge in [0.05, 0.1) is 5.92 Å². The number of amides is 1. The molecule has 0 spiro atoms. The van der Waals surface area contributed by atoms with Gasteiger partial charge in [0.15, 0.2) is 0 Å². The summed E-state index contributed by atoms with van der Waals surface area (Å²) >= 11 is 0. The topological polar surface area (TPSA) is 130 Å². The van der Waals surface area contributed by atoms with Gasteiger partial charge in [-0.3, -0.25) is 14.4 Å². The highest BCUT2D eigenvalue weighted by Gasteiger charge is 2.24. The molecule has 0 heterocycles. The Bertz CT molecular complexity index is 489. The second-order valence-corrected chi connectivity index (χ2v) is 4.29. The van der Waals surface area contributed by atoms with Gasteiger partial charge >= 0.3 is 11.9 Å². The SMILES string of the molecule is N[C@H](C[C@@H](CNC(=O)c1ccccc1)C(=O)O)C(=O)O. The van der Waals surface area contributed by atoms with Crippen molar-refractivity contribution in [3.05, 3.63) is 35.9 Å². The zero-order valence-electron chi connectivity index (χ0n) is 10.7. The first-order valence-corrected chi connectivity index (χ1v) is 5.96. The number of hydrogen-bond acceptors (Lipinski definition) is 4. The molecule has 0 fully saturated rings. The second-order valence-electron chi connectivity index (χ2n) is 4.29. The molecule has 0 aliphatic heterocycles. The van der Waals surface area contributed by atoms with Gasteiger partial charge < -0.3 is 21.3 Å². The van der Waals surface area contributed by atoms with Crippen LogP contribution in [0.1, 0.15) is 16.8 Å². The highest BCUT2D eigenvalue weighted by atomic mass is 16.4. The summed E-state index contributed by atoms with van der Waals surface area (Å²) in [6, 6.07) is 7.03. The summed E-state index contributed by atoms with van der Waals surface area (Å²) in [6.45, 7) is -0.177. The first kappa shape index (κ1) is 15.6. The fourth-order valence-corrected chi connectivity index (χ4v) is 1.59. The van der Waals surface area contributed by atoms with Gasteiger partial charge in [0.2, 0.25) is 0 Å². The van der Waals surface area contributed by atoms with Crippen LogP contribution in [-0.2, 0) is 9.59 Å². The predicted molar refractivity (Wildman–Crippen MR) is 70.1 cm³/mol. The highest BCUT2D eigenvalue weighted by molar-refractivity contribution is 5.94. The van der Waals surface area contributed by atoms with Crippen molar-refractivity contribution in [2.75, 3.05) is 6.54 Å². The van der Waals surface area contributed by atoms with E-state index >= 15 is 0 Å². The first-order chi connectivity index (χ1) is 9.41. The van der Waals surface area contributed by atoms with Crippen LogP contribution in [0, 0.1) is 5.92 Å². The van der Waals surface area contributed by atoms with Crippen molar-refractivity contribution in [1.29, 1.82) is 0 Å². The molecule has 0 aliphatic rings. The largest absolute Gasteiger partial charge is 0.481 e. The Morgan fingerprint density at radius 3 is 2.20 bits per heavy atom. The van der Waals surface area contributed by atoms with E-state index in [0.29, 0.717) is 5.56 Å². The molecule has 0 unspecified atom stereocenters. The number of carboxylic acid groups (broad SMARTS) is 2. The number of benzene rings is 1. The fraction of sp³-hybridized carbons (Fsp3) is 0.308. The third-order valence-electron chi connectivity index (χ3n) is 2.75. The maximum absolute atomic E-state index is 11.7. The van der Waals surface area contributed by atoms with Crippen LogP contribution in [0.3, 0.4) is 0 Å². The minimum atomic E-state index is -1.27. The minimum absolute atomic E-state index is 0.177. The lowest BCUT2D eigenvalue weighted by atomic mass is 10.0. The molecule has 0 bridgehead atoms. The van der Waals surface area contributed by atoms with Crippen molar-refractivity contribution < 1.29 is 24.6 Å². The molecular formula is C13H16N2O5. The number of nitrogens with two attached hydrogens (primary N) is 1. The number of nitrogens with one attached hydrogen (secondary N) is 1. The summed E-state index contributed by atoms with van der Waals surface area (Å²) in [5.41, 5.74) is 5.70. The van der Waals surface area contributed by atoms with E-state index in [1.54, 1.807) is 30.3 Å². The number of carbonyl (C=O) groups excluding carboxylic acids is 1. The van der Waals surface area contributed by atoms with E-state index in [0.717, 1.165) is 0 Å². The zero-order chi connectivity index (χ0) is 15.1. The normalized spacial score (nSPS) is 13.2. The van der Waals surface area contributed by atoms with Crippen molar-refractivity contribution in [3.63, 3.8) is 0 Å². The third-order valence-corrected chi connectivity index (χ3v) is 2.75. The van der Waals surface area contributed by atoms with E-state index in [1.807, 2.05) is 0 Å². The van der Waals surface area contributed by atoms with Gasteiger partial charge in [-0.05, 0) is 18.6 Å². The zero-order valence-corrected chi connectivity index (χ0v) is 10.7. The molecule has 7 heteroatoms. The van der Waals surface area contributed by atoms with Crippen LogP contribution in [-0.4, -0.2) is 40.6 Å². The molecule has 2 atom stereocenters. The monoisotopic (exact) mass is 280 g/mol. The Balaban J connectivity index is 2.57. The van der Waals surface area contributed by atoms with Gasteiger partial charge in [-0.25, -0.2) is 0 Å². The van der Waals surface area contributed by atoms with Crippen LogP contribution in [0.2, 0.25) is 0 Å². The van der Waals surface area contributed by atoms with Crippen LogP contribution in [0.4, 0.5) is 0 Å². The lowest BCUT2D eigenvalue weighted by Gasteiger charge is -2.15. The van der Waals surface area contributed by atoms with Gasteiger partial charge in [-0.2, -0.15) is 0 Å². The molecule has 0 saturated heterocycles. The van der Waals surface area contributed by atoms with Crippen LogP contribution in [0.5, 0.6) is 0 Å². The second kappa shape index (κ2) is 7.25. The standard InChI is InChI=1S/C13H16N2O5/c14-10(13(19)20)6-9(12(17)18)7-15-11(16)8-4-2-1-3-5-8/h1-5,9-10H,6-7,14H2,(H,15,16)(H,17,18)(H,19,20)/t9-,10+/m0/s1. The van der Waals surface area contributed by atoms with E-state index in [4.69, 9.17) is 15.9 Å². The Morgan fingerprint density at radius 2 is 1.70 bits per heavy atom. The molecule has 1 aromatic carbocycles. The maximum Gasteiger partial charge on any atom is 0.320 e. The predicted octanol–water partition coefficient (Wildman–Crippen LogP) is -0.0808. The number of carboxylic acids is 2. The number of hydrogen-bond donors (Lipinski definition) is 4. The molecule has 1 aromatic rings. The Labute approximate surface area is 115 Å². The smallest absolute Gasteiger partial charge is 0.320 e. The average molecular weight is 280 g/mol. The number of aliphatic carboxylic acids is 2. The van der Waals surface area contributed by atoms with Crippen molar-refractivity contribution in [2.45, 2.75) is 12.5 Å². The summed E-state index contributed by atoms with van der Waals surface area (Å²) in [4.78, 5) is 33.4. The van der Waals surface area contributed by atoms with Crippen LogP contribution < -0.4 is 11.1 Å². The van der Waals surface area contributed by atoms with E-state index < -0.39 is 29.8 Å². The molecule has 0 radical (unpaired) electrons. The van der Waals surface area contributed by atoms with Crippen LogP contribution in [0.25, 0.3) is 0 Å². The summed E-state index contributed by atoms with van der Waals surface area (Å²) in [6.07, 6.45) is -0.250. The summed E-state index contributed by atoms with van der Waals surface area (Å²) in [5.74, 6) is -3.93. The van der Waals surface area contributed by atoms with Crippen molar-refractivity contribution in [3.8, 4) is 0 Å². The minimum Gasteiger partial charge on any atom is -0.481 e.